The molecule has 18 heavy (non-hydrogen) atoms. The molecule has 1 unspecified atom stereocenters. The Morgan fingerprint density at radius 2 is 2.06 bits per heavy atom. The second-order valence-corrected chi connectivity index (χ2v) is 4.46. The highest BCUT2D eigenvalue weighted by Gasteiger charge is 2.26. The van der Waals surface area contributed by atoms with Gasteiger partial charge in [-0.3, -0.25) is 0 Å². The van der Waals surface area contributed by atoms with Crippen molar-refractivity contribution in [1.82, 2.24) is 0 Å². The molecule has 1 aliphatic heterocycles. The summed E-state index contributed by atoms with van der Waals surface area (Å²) in [7, 11) is 0. The lowest BCUT2D eigenvalue weighted by molar-refractivity contribution is 0.318. The summed E-state index contributed by atoms with van der Waals surface area (Å²) in [6, 6.07) is 2.28. The van der Waals surface area contributed by atoms with E-state index in [1.807, 2.05) is 6.92 Å². The summed E-state index contributed by atoms with van der Waals surface area (Å²) in [5.41, 5.74) is 5.31. The molecule has 1 aromatic rings. The van der Waals surface area contributed by atoms with Crippen LogP contribution < -0.4 is 10.6 Å². The van der Waals surface area contributed by atoms with Crippen molar-refractivity contribution in [3.63, 3.8) is 0 Å². The van der Waals surface area contributed by atoms with Gasteiger partial charge in [0.1, 0.15) is 17.3 Å². The predicted octanol–water partition coefficient (Wildman–Crippen LogP) is 2.05. The van der Waals surface area contributed by atoms with Crippen molar-refractivity contribution in [3.8, 4) is 0 Å². The van der Waals surface area contributed by atoms with Crippen LogP contribution >= 0.6 is 0 Å². The van der Waals surface area contributed by atoms with Crippen molar-refractivity contribution >= 4 is 11.5 Å². The lowest BCUT2D eigenvalue weighted by Gasteiger charge is -2.25. The zero-order valence-electron chi connectivity index (χ0n) is 10.0. The van der Waals surface area contributed by atoms with Gasteiger partial charge in [-0.05, 0) is 31.9 Å². The third-order valence-electron chi connectivity index (χ3n) is 3.26. The molecule has 0 amide bonds. The number of nitrogens with two attached hydrogens (primary N) is 1. The normalized spacial score (nSPS) is 20.5. The number of hydrogen-bond donors (Lipinski definition) is 2. The van der Waals surface area contributed by atoms with E-state index < -0.39 is 11.6 Å². The van der Waals surface area contributed by atoms with Gasteiger partial charge in [0, 0.05) is 18.2 Å². The van der Waals surface area contributed by atoms with Crippen molar-refractivity contribution < 1.29 is 14.0 Å². The van der Waals surface area contributed by atoms with Crippen molar-refractivity contribution in [2.24, 2.45) is 10.9 Å². The Morgan fingerprint density at radius 3 is 2.50 bits per heavy atom. The molecule has 2 rings (SSSR count). The van der Waals surface area contributed by atoms with Crippen molar-refractivity contribution in [2.75, 3.05) is 11.4 Å². The summed E-state index contributed by atoms with van der Waals surface area (Å²) in [6.45, 7) is 2.57. The molecule has 0 spiro atoms. The predicted molar refractivity (Wildman–Crippen MR) is 64.9 cm³/mol. The highest BCUT2D eigenvalue weighted by atomic mass is 19.1. The molecule has 1 aliphatic rings. The fraction of sp³-hybridized carbons (Fsp3) is 0.417. The van der Waals surface area contributed by atoms with Gasteiger partial charge in [-0.2, -0.15) is 0 Å². The third-order valence-corrected chi connectivity index (χ3v) is 3.26. The lowest BCUT2D eigenvalue weighted by Crippen LogP contribution is -2.28. The first-order chi connectivity index (χ1) is 8.54. The van der Waals surface area contributed by atoms with Crippen LogP contribution in [0.3, 0.4) is 0 Å². The minimum Gasteiger partial charge on any atom is -0.409 e. The summed E-state index contributed by atoms with van der Waals surface area (Å²) in [4.78, 5) is 1.71. The van der Waals surface area contributed by atoms with Gasteiger partial charge in [0.2, 0.25) is 0 Å². The van der Waals surface area contributed by atoms with Crippen LogP contribution in [0, 0.1) is 11.6 Å². The molecule has 0 radical (unpaired) electrons. The van der Waals surface area contributed by atoms with E-state index in [9.17, 15) is 8.78 Å². The first-order valence-corrected chi connectivity index (χ1v) is 5.78. The van der Waals surface area contributed by atoms with Gasteiger partial charge in [0.25, 0.3) is 0 Å². The highest BCUT2D eigenvalue weighted by molar-refractivity contribution is 5.97. The molecule has 1 fully saturated rings. The zero-order valence-corrected chi connectivity index (χ0v) is 10.0. The number of oxime groups is 1. The molecular weight excluding hydrogens is 240 g/mol. The van der Waals surface area contributed by atoms with Gasteiger partial charge in [-0.25, -0.2) is 8.78 Å². The van der Waals surface area contributed by atoms with E-state index in [0.717, 1.165) is 25.0 Å². The second-order valence-electron chi connectivity index (χ2n) is 4.46. The molecule has 1 aromatic carbocycles. The van der Waals surface area contributed by atoms with E-state index >= 15 is 0 Å². The maximum atomic E-state index is 14.0. The SMILES string of the molecule is CC1CCCN1c1c(F)cc(C(N)=NO)cc1F. The Hall–Kier alpha value is -1.85. The third kappa shape index (κ3) is 2.10. The Morgan fingerprint density at radius 1 is 1.44 bits per heavy atom. The molecular formula is C12H15F2N3O. The van der Waals surface area contributed by atoms with Crippen molar-refractivity contribution in [2.45, 2.75) is 25.8 Å². The molecule has 3 N–H and O–H groups in total. The van der Waals surface area contributed by atoms with Crippen LogP contribution in [-0.4, -0.2) is 23.6 Å². The molecule has 1 heterocycles. The molecule has 0 bridgehead atoms. The van der Waals surface area contributed by atoms with E-state index in [1.165, 1.54) is 0 Å². The second kappa shape index (κ2) is 4.80. The molecule has 6 heteroatoms. The average molecular weight is 255 g/mol. The highest BCUT2D eigenvalue weighted by Crippen LogP contribution is 2.31. The van der Waals surface area contributed by atoms with E-state index in [0.29, 0.717) is 6.54 Å². The molecule has 4 nitrogen and oxygen atoms in total. The van der Waals surface area contributed by atoms with Crippen molar-refractivity contribution in [3.05, 3.63) is 29.3 Å². The number of benzene rings is 1. The van der Waals surface area contributed by atoms with Gasteiger partial charge in [-0.1, -0.05) is 5.16 Å². The Balaban J connectivity index is 2.44. The summed E-state index contributed by atoms with van der Waals surface area (Å²) < 4.78 is 27.9. The number of rotatable bonds is 2. The topological polar surface area (TPSA) is 61.8 Å². The van der Waals surface area contributed by atoms with Gasteiger partial charge in [-0.15, -0.1) is 0 Å². The monoisotopic (exact) mass is 255 g/mol. The number of hydrogen-bond acceptors (Lipinski definition) is 3. The Labute approximate surface area is 104 Å². The number of anilines is 1. The van der Waals surface area contributed by atoms with Crippen molar-refractivity contribution in [1.29, 1.82) is 0 Å². The Bertz CT molecular complexity index is 467. The van der Waals surface area contributed by atoms with E-state index in [2.05, 4.69) is 5.16 Å². The van der Waals surface area contributed by atoms with Crippen LogP contribution in [0.4, 0.5) is 14.5 Å². The van der Waals surface area contributed by atoms with Gasteiger partial charge in [0.15, 0.2) is 5.84 Å². The van der Waals surface area contributed by atoms with Crippen LogP contribution in [-0.2, 0) is 0 Å². The lowest BCUT2D eigenvalue weighted by atomic mass is 10.1. The molecule has 1 atom stereocenters. The Kier molecular flexibility index (Phi) is 3.36. The summed E-state index contributed by atoms with van der Waals surface area (Å²) in [6.07, 6.45) is 1.84. The minimum absolute atomic E-state index is 0.0306. The number of nitrogens with zero attached hydrogens (tertiary/aromatic N) is 2. The van der Waals surface area contributed by atoms with Gasteiger partial charge in [0.05, 0.1) is 0 Å². The van der Waals surface area contributed by atoms with Crippen LogP contribution in [0.2, 0.25) is 0 Å². The van der Waals surface area contributed by atoms with Crippen LogP contribution in [0.25, 0.3) is 0 Å². The molecule has 0 aliphatic carbocycles. The summed E-state index contributed by atoms with van der Waals surface area (Å²) >= 11 is 0. The van der Waals surface area contributed by atoms with E-state index in [4.69, 9.17) is 10.9 Å². The van der Waals surface area contributed by atoms with Gasteiger partial charge < -0.3 is 15.8 Å². The van der Waals surface area contributed by atoms with Gasteiger partial charge >= 0.3 is 0 Å². The van der Waals surface area contributed by atoms with Crippen LogP contribution in [0.5, 0.6) is 0 Å². The van der Waals surface area contributed by atoms with Crippen LogP contribution in [0.1, 0.15) is 25.3 Å². The molecule has 0 aromatic heterocycles. The van der Waals surface area contributed by atoms with E-state index in [1.54, 1.807) is 4.90 Å². The molecule has 98 valence electrons. The fourth-order valence-electron chi connectivity index (χ4n) is 2.31. The molecule has 0 saturated carbocycles. The first-order valence-electron chi connectivity index (χ1n) is 5.78. The largest absolute Gasteiger partial charge is 0.409 e. The number of halogens is 2. The average Bonchev–Trinajstić information content (AvgIpc) is 2.74. The van der Waals surface area contributed by atoms with Crippen LogP contribution in [0.15, 0.2) is 17.3 Å². The number of amidine groups is 1. The fourth-order valence-corrected chi connectivity index (χ4v) is 2.31. The maximum Gasteiger partial charge on any atom is 0.170 e. The summed E-state index contributed by atoms with van der Waals surface area (Å²) in [5, 5.41) is 11.2. The minimum atomic E-state index is -0.689. The summed E-state index contributed by atoms with van der Waals surface area (Å²) in [5.74, 6) is -1.69. The molecule has 1 saturated heterocycles. The van der Waals surface area contributed by atoms with E-state index in [-0.39, 0.29) is 23.1 Å². The zero-order chi connectivity index (χ0) is 13.3. The quantitative estimate of drug-likeness (QED) is 0.368. The maximum absolute atomic E-state index is 14.0. The standard InChI is InChI=1S/C12H15F2N3O/c1-7-3-2-4-17(7)11-9(13)5-8(6-10(11)14)12(15)16-18/h5-7,18H,2-4H2,1H3,(H2,15,16). The first kappa shape index (κ1) is 12.6. The smallest absolute Gasteiger partial charge is 0.170 e.